The average Bonchev–Trinajstić information content (AvgIpc) is 2.16. The quantitative estimate of drug-likeness (QED) is 0.665. The lowest BCUT2D eigenvalue weighted by Gasteiger charge is -2.06. The molecule has 0 aliphatic carbocycles. The van der Waals surface area contributed by atoms with E-state index in [4.69, 9.17) is 0 Å². The van der Waals surface area contributed by atoms with Crippen LogP contribution in [0.3, 0.4) is 0 Å². The topological polar surface area (TPSA) is 0 Å². The van der Waals surface area contributed by atoms with Crippen molar-refractivity contribution >= 4 is 22.0 Å². The van der Waals surface area contributed by atoms with Crippen molar-refractivity contribution in [1.82, 2.24) is 0 Å². The van der Waals surface area contributed by atoms with Crippen LogP contribution in [0.5, 0.6) is 0 Å². The molecule has 80 valence electrons. The highest BCUT2D eigenvalue weighted by molar-refractivity contribution is 9.10. The maximum absolute atomic E-state index is 3.99. The molecule has 0 spiro atoms. The van der Waals surface area contributed by atoms with E-state index in [1.807, 2.05) is 0 Å². The van der Waals surface area contributed by atoms with E-state index in [2.05, 4.69) is 67.6 Å². The van der Waals surface area contributed by atoms with E-state index in [-0.39, 0.29) is 0 Å². The second kappa shape index (κ2) is 5.32. The fraction of sp³-hybridized carbons (Fsp3) is 0.286. The van der Waals surface area contributed by atoms with E-state index < -0.39 is 0 Å². The highest BCUT2D eigenvalue weighted by Gasteiger charge is 1.99. The Morgan fingerprint density at radius 3 is 2.60 bits per heavy atom. The molecule has 0 amide bonds. The SMILES string of the molecule is C=C(C)/C(=C/c1ccc(Br)cc1C)CC. The average molecular weight is 265 g/mol. The fourth-order valence-corrected chi connectivity index (χ4v) is 1.99. The third-order valence-electron chi connectivity index (χ3n) is 2.49. The van der Waals surface area contributed by atoms with Crippen LogP contribution in [-0.4, -0.2) is 0 Å². The lowest BCUT2D eigenvalue weighted by Crippen LogP contribution is -1.85. The van der Waals surface area contributed by atoms with Crippen LogP contribution >= 0.6 is 15.9 Å². The molecule has 0 unspecified atom stereocenters. The minimum Gasteiger partial charge on any atom is -0.0958 e. The molecular weight excluding hydrogens is 248 g/mol. The minimum absolute atomic E-state index is 1.03. The van der Waals surface area contributed by atoms with Gasteiger partial charge < -0.3 is 0 Å². The smallest absolute Gasteiger partial charge is 0.0178 e. The molecule has 0 atom stereocenters. The van der Waals surface area contributed by atoms with Crippen molar-refractivity contribution in [2.24, 2.45) is 0 Å². The lowest BCUT2D eigenvalue weighted by atomic mass is 10.0. The summed E-state index contributed by atoms with van der Waals surface area (Å²) in [5, 5.41) is 0. The summed E-state index contributed by atoms with van der Waals surface area (Å²) in [6, 6.07) is 6.35. The van der Waals surface area contributed by atoms with Gasteiger partial charge in [0, 0.05) is 4.47 Å². The normalized spacial score (nSPS) is 11.6. The van der Waals surface area contributed by atoms with Crippen molar-refractivity contribution in [2.75, 3.05) is 0 Å². The van der Waals surface area contributed by atoms with Gasteiger partial charge in [0.25, 0.3) is 0 Å². The van der Waals surface area contributed by atoms with E-state index in [0.29, 0.717) is 0 Å². The first-order chi connectivity index (χ1) is 7.04. The fourth-order valence-electron chi connectivity index (χ4n) is 1.52. The number of allylic oxidation sites excluding steroid dienone is 2. The standard InChI is InChI=1S/C14H17Br/c1-5-12(10(2)3)9-13-6-7-14(15)8-11(13)4/h6-9H,2,5H2,1,3-4H3/b12-9+. The molecule has 0 aliphatic rings. The number of halogens is 1. The summed E-state index contributed by atoms with van der Waals surface area (Å²) >= 11 is 3.47. The summed E-state index contributed by atoms with van der Waals surface area (Å²) in [4.78, 5) is 0. The van der Waals surface area contributed by atoms with Gasteiger partial charge in [0.15, 0.2) is 0 Å². The summed E-state index contributed by atoms with van der Waals surface area (Å²) < 4.78 is 1.13. The molecule has 1 rings (SSSR count). The van der Waals surface area contributed by atoms with Gasteiger partial charge in [-0.25, -0.2) is 0 Å². The Labute approximate surface area is 101 Å². The zero-order valence-corrected chi connectivity index (χ0v) is 11.2. The van der Waals surface area contributed by atoms with Crippen LogP contribution in [0.2, 0.25) is 0 Å². The molecule has 15 heavy (non-hydrogen) atoms. The first-order valence-electron chi connectivity index (χ1n) is 5.17. The Morgan fingerprint density at radius 2 is 2.13 bits per heavy atom. The Bertz CT molecular complexity index is 400. The highest BCUT2D eigenvalue weighted by Crippen LogP contribution is 2.21. The molecule has 0 saturated carbocycles. The van der Waals surface area contributed by atoms with Gasteiger partial charge in [0.2, 0.25) is 0 Å². The molecule has 0 nitrogen and oxygen atoms in total. The number of aryl methyl sites for hydroxylation is 1. The van der Waals surface area contributed by atoms with Crippen molar-refractivity contribution in [3.8, 4) is 0 Å². The summed E-state index contributed by atoms with van der Waals surface area (Å²) in [5.41, 5.74) is 5.04. The molecule has 0 bridgehead atoms. The first kappa shape index (κ1) is 12.3. The van der Waals surface area contributed by atoms with E-state index in [9.17, 15) is 0 Å². The van der Waals surface area contributed by atoms with Gasteiger partial charge in [-0.05, 0) is 49.1 Å². The van der Waals surface area contributed by atoms with Crippen molar-refractivity contribution in [3.63, 3.8) is 0 Å². The molecule has 1 aromatic carbocycles. The molecular formula is C14H17Br. The van der Waals surface area contributed by atoms with Gasteiger partial charge in [-0.2, -0.15) is 0 Å². The third-order valence-corrected chi connectivity index (χ3v) is 2.98. The predicted octanol–water partition coefficient (Wildman–Crippen LogP) is 5.13. The molecule has 0 aromatic heterocycles. The molecule has 0 radical (unpaired) electrons. The summed E-state index contributed by atoms with van der Waals surface area (Å²) in [7, 11) is 0. The van der Waals surface area contributed by atoms with Gasteiger partial charge >= 0.3 is 0 Å². The maximum Gasteiger partial charge on any atom is 0.0178 e. The predicted molar refractivity (Wildman–Crippen MR) is 72.0 cm³/mol. The Kier molecular flexibility index (Phi) is 4.34. The molecule has 1 aromatic rings. The van der Waals surface area contributed by atoms with Crippen LogP contribution < -0.4 is 0 Å². The van der Waals surface area contributed by atoms with Crippen molar-refractivity contribution < 1.29 is 0 Å². The van der Waals surface area contributed by atoms with Gasteiger partial charge in [-0.3, -0.25) is 0 Å². The maximum atomic E-state index is 3.99. The van der Waals surface area contributed by atoms with Gasteiger partial charge in [-0.15, -0.1) is 0 Å². The Morgan fingerprint density at radius 1 is 1.47 bits per heavy atom. The van der Waals surface area contributed by atoms with E-state index in [1.165, 1.54) is 16.7 Å². The lowest BCUT2D eigenvalue weighted by molar-refractivity contribution is 1.12. The molecule has 0 saturated heterocycles. The van der Waals surface area contributed by atoms with E-state index >= 15 is 0 Å². The van der Waals surface area contributed by atoms with E-state index in [1.54, 1.807) is 0 Å². The number of hydrogen-bond acceptors (Lipinski definition) is 0. The number of rotatable bonds is 3. The monoisotopic (exact) mass is 264 g/mol. The summed E-state index contributed by atoms with van der Waals surface area (Å²) in [5.74, 6) is 0. The first-order valence-corrected chi connectivity index (χ1v) is 5.96. The minimum atomic E-state index is 1.03. The number of benzene rings is 1. The Balaban J connectivity index is 3.12. The van der Waals surface area contributed by atoms with Gasteiger partial charge in [0.1, 0.15) is 0 Å². The van der Waals surface area contributed by atoms with Crippen LogP contribution in [-0.2, 0) is 0 Å². The van der Waals surface area contributed by atoms with Gasteiger partial charge in [0.05, 0.1) is 0 Å². The van der Waals surface area contributed by atoms with Crippen LogP contribution in [0.1, 0.15) is 31.4 Å². The molecule has 0 heterocycles. The largest absolute Gasteiger partial charge is 0.0958 e. The second-order valence-corrected chi connectivity index (χ2v) is 4.72. The Hall–Kier alpha value is -0.820. The number of hydrogen-bond donors (Lipinski definition) is 0. The summed E-state index contributed by atoms with van der Waals surface area (Å²) in [6.07, 6.45) is 3.26. The van der Waals surface area contributed by atoms with Crippen LogP contribution in [0.4, 0.5) is 0 Å². The van der Waals surface area contributed by atoms with Crippen molar-refractivity contribution in [3.05, 3.63) is 51.5 Å². The molecule has 1 heteroatoms. The third kappa shape index (κ3) is 3.35. The van der Waals surface area contributed by atoms with Crippen molar-refractivity contribution in [1.29, 1.82) is 0 Å². The van der Waals surface area contributed by atoms with Crippen molar-refractivity contribution in [2.45, 2.75) is 27.2 Å². The summed E-state index contributed by atoms with van der Waals surface area (Å²) in [6.45, 7) is 10.3. The molecule has 0 N–H and O–H groups in total. The van der Waals surface area contributed by atoms with Crippen LogP contribution in [0.25, 0.3) is 6.08 Å². The zero-order chi connectivity index (χ0) is 11.4. The van der Waals surface area contributed by atoms with E-state index in [0.717, 1.165) is 16.5 Å². The molecule has 0 fully saturated rings. The highest BCUT2D eigenvalue weighted by atomic mass is 79.9. The van der Waals surface area contributed by atoms with Crippen LogP contribution in [0, 0.1) is 6.92 Å². The second-order valence-electron chi connectivity index (χ2n) is 3.80. The van der Waals surface area contributed by atoms with Crippen LogP contribution in [0.15, 0.2) is 40.4 Å². The zero-order valence-electron chi connectivity index (χ0n) is 9.60. The van der Waals surface area contributed by atoms with Gasteiger partial charge in [-0.1, -0.05) is 47.1 Å². The molecule has 0 aliphatic heterocycles.